The van der Waals surface area contributed by atoms with Gasteiger partial charge < -0.3 is 16.2 Å². The molecular formula is C26H34N4O3. The molecule has 176 valence electrons. The van der Waals surface area contributed by atoms with Crippen LogP contribution < -0.4 is 11.1 Å². The number of aromatic nitrogens is 2. The van der Waals surface area contributed by atoms with E-state index < -0.39 is 5.91 Å². The Morgan fingerprint density at radius 1 is 1.18 bits per heavy atom. The lowest BCUT2D eigenvalue weighted by atomic mass is 9.75. The summed E-state index contributed by atoms with van der Waals surface area (Å²) in [4.78, 5) is 25.3. The zero-order valence-corrected chi connectivity index (χ0v) is 19.6. The summed E-state index contributed by atoms with van der Waals surface area (Å²) in [5.74, 6) is 0.348. The van der Waals surface area contributed by atoms with Gasteiger partial charge in [0.2, 0.25) is 0 Å². The number of nitrogens with zero attached hydrogens (tertiary/aromatic N) is 2. The Kier molecular flexibility index (Phi) is 5.55. The molecule has 7 nitrogen and oxygen atoms in total. The lowest BCUT2D eigenvalue weighted by Crippen LogP contribution is -2.29. The zero-order valence-electron chi connectivity index (χ0n) is 19.6. The molecule has 2 saturated carbocycles. The predicted molar refractivity (Wildman–Crippen MR) is 127 cm³/mol. The summed E-state index contributed by atoms with van der Waals surface area (Å²) in [5.41, 5.74) is 10.2. The van der Waals surface area contributed by atoms with Crippen LogP contribution in [-0.4, -0.2) is 38.7 Å². The second-order valence-electron chi connectivity index (χ2n) is 11.0. The molecule has 2 aromatic rings. The predicted octanol–water partition coefficient (Wildman–Crippen LogP) is 3.79. The van der Waals surface area contributed by atoms with E-state index in [4.69, 9.17) is 10.8 Å². The number of carbonyl (C=O) groups excluding carboxylic acids is 2. The Bertz CT molecular complexity index is 1090. The zero-order chi connectivity index (χ0) is 23.3. The highest BCUT2D eigenvalue weighted by Gasteiger charge is 2.38. The Morgan fingerprint density at radius 2 is 1.91 bits per heavy atom. The van der Waals surface area contributed by atoms with Crippen LogP contribution in [0, 0.1) is 11.3 Å². The number of benzene rings is 1. The van der Waals surface area contributed by atoms with Crippen LogP contribution in [-0.2, 0) is 12.8 Å². The van der Waals surface area contributed by atoms with E-state index in [0.717, 1.165) is 61.2 Å². The van der Waals surface area contributed by atoms with Crippen molar-refractivity contribution < 1.29 is 14.7 Å². The van der Waals surface area contributed by atoms with Crippen LogP contribution in [0.25, 0.3) is 5.69 Å². The second-order valence-corrected chi connectivity index (χ2v) is 11.0. The Hall–Kier alpha value is -2.67. The minimum atomic E-state index is -0.479. The molecule has 33 heavy (non-hydrogen) atoms. The van der Waals surface area contributed by atoms with Gasteiger partial charge in [-0.25, -0.2) is 4.68 Å². The first kappa shape index (κ1) is 22.1. The molecule has 3 aliphatic carbocycles. The number of fused-ring (bicyclic) bond motifs is 1. The molecule has 1 heterocycles. The molecule has 1 amide bonds. The third kappa shape index (κ3) is 4.56. The van der Waals surface area contributed by atoms with Gasteiger partial charge >= 0.3 is 0 Å². The molecule has 7 heteroatoms. The molecule has 0 spiro atoms. The van der Waals surface area contributed by atoms with E-state index in [1.807, 2.05) is 16.8 Å². The maximum atomic E-state index is 13.1. The van der Waals surface area contributed by atoms with Crippen molar-refractivity contribution >= 4 is 17.4 Å². The fourth-order valence-electron chi connectivity index (χ4n) is 5.42. The number of hydrogen-bond donors (Lipinski definition) is 3. The maximum absolute atomic E-state index is 13.1. The highest BCUT2D eigenvalue weighted by Crippen LogP contribution is 2.40. The van der Waals surface area contributed by atoms with E-state index in [9.17, 15) is 14.7 Å². The number of nitrogens with one attached hydrogen (secondary N) is 1. The van der Waals surface area contributed by atoms with E-state index in [-0.39, 0.29) is 23.3 Å². The van der Waals surface area contributed by atoms with Gasteiger partial charge in [0.15, 0.2) is 5.78 Å². The molecule has 0 atom stereocenters. The quantitative estimate of drug-likeness (QED) is 0.620. The SMILES string of the molecule is CC1(C)CC(=O)c2c(CC3CC3)nn(-c3ccc(C(N)=O)c(N[C@H]4CC[C@H](O)CC4)c3)c2C1. The van der Waals surface area contributed by atoms with Crippen LogP contribution in [0.5, 0.6) is 0 Å². The number of carbonyl (C=O) groups is 2. The first-order chi connectivity index (χ1) is 15.7. The van der Waals surface area contributed by atoms with Gasteiger partial charge in [0.05, 0.1) is 34.3 Å². The molecule has 0 aliphatic heterocycles. The topological polar surface area (TPSA) is 110 Å². The standard InChI is InChI=1S/C26H34N4O3/c1-26(2)13-22-24(23(32)14-26)21(11-15-3-4-15)29-30(22)17-7-10-19(25(27)33)20(12-17)28-16-5-8-18(31)9-6-16/h7,10,12,15-16,18,28,31H,3-6,8-9,11,13-14H2,1-2H3,(H2,27,33)/t16-,18-. The smallest absolute Gasteiger partial charge is 0.250 e. The number of ketones is 1. The van der Waals surface area contributed by atoms with E-state index in [2.05, 4.69) is 19.2 Å². The van der Waals surface area contributed by atoms with Crippen LogP contribution >= 0.6 is 0 Å². The summed E-state index contributed by atoms with van der Waals surface area (Å²) >= 11 is 0. The first-order valence-electron chi connectivity index (χ1n) is 12.2. The minimum absolute atomic E-state index is 0.115. The van der Waals surface area contributed by atoms with Gasteiger partial charge in [-0.1, -0.05) is 13.8 Å². The minimum Gasteiger partial charge on any atom is -0.393 e. The van der Waals surface area contributed by atoms with Crippen LogP contribution in [0.15, 0.2) is 18.2 Å². The van der Waals surface area contributed by atoms with Gasteiger partial charge in [0.25, 0.3) is 5.91 Å². The third-order valence-electron chi connectivity index (χ3n) is 7.37. The number of Topliss-reactive ketones (excluding diaryl/α,β-unsaturated/α-hetero) is 1. The van der Waals surface area contributed by atoms with Crippen LogP contribution in [0.3, 0.4) is 0 Å². The van der Waals surface area contributed by atoms with Crippen LogP contribution in [0.4, 0.5) is 5.69 Å². The molecule has 1 aromatic heterocycles. The van der Waals surface area contributed by atoms with Gasteiger partial charge in [-0.3, -0.25) is 9.59 Å². The van der Waals surface area contributed by atoms with Crippen molar-refractivity contribution in [1.82, 2.24) is 9.78 Å². The number of anilines is 1. The van der Waals surface area contributed by atoms with Crippen molar-refractivity contribution in [1.29, 1.82) is 0 Å². The highest BCUT2D eigenvalue weighted by molar-refractivity contribution is 6.00. The normalized spacial score (nSPS) is 24.4. The van der Waals surface area contributed by atoms with E-state index in [0.29, 0.717) is 23.6 Å². The summed E-state index contributed by atoms with van der Waals surface area (Å²) in [7, 11) is 0. The average Bonchev–Trinajstić information content (AvgIpc) is 3.48. The van der Waals surface area contributed by atoms with Crippen molar-refractivity contribution in [3.8, 4) is 5.69 Å². The monoisotopic (exact) mass is 450 g/mol. The van der Waals surface area contributed by atoms with Gasteiger partial charge in [-0.15, -0.1) is 0 Å². The summed E-state index contributed by atoms with van der Waals surface area (Å²) in [6, 6.07) is 5.74. The number of nitrogens with two attached hydrogens (primary N) is 1. The average molecular weight is 451 g/mol. The van der Waals surface area contributed by atoms with Gasteiger partial charge in [0, 0.05) is 18.2 Å². The fraction of sp³-hybridized carbons (Fsp3) is 0.577. The molecule has 1 aromatic carbocycles. The van der Waals surface area contributed by atoms with Gasteiger partial charge in [-0.05, 0) is 80.9 Å². The molecule has 0 radical (unpaired) electrons. The number of aliphatic hydroxyl groups is 1. The number of primary amides is 1. The number of amides is 1. The third-order valence-corrected chi connectivity index (χ3v) is 7.37. The van der Waals surface area contributed by atoms with E-state index in [1.165, 1.54) is 12.8 Å². The van der Waals surface area contributed by atoms with Crippen LogP contribution in [0.2, 0.25) is 0 Å². The summed E-state index contributed by atoms with van der Waals surface area (Å²) in [6.45, 7) is 4.26. The van der Waals surface area contributed by atoms with Crippen molar-refractivity contribution in [2.24, 2.45) is 17.1 Å². The first-order valence-corrected chi connectivity index (χ1v) is 12.2. The molecular weight excluding hydrogens is 416 g/mol. The molecule has 3 aliphatic rings. The Morgan fingerprint density at radius 3 is 2.58 bits per heavy atom. The second kappa shape index (κ2) is 8.28. The highest BCUT2D eigenvalue weighted by atomic mass is 16.3. The fourth-order valence-corrected chi connectivity index (χ4v) is 5.42. The summed E-state index contributed by atoms with van der Waals surface area (Å²) in [6.07, 6.45) is 7.54. The Balaban J connectivity index is 1.54. The van der Waals surface area contributed by atoms with E-state index >= 15 is 0 Å². The van der Waals surface area contributed by atoms with Crippen molar-refractivity contribution in [3.63, 3.8) is 0 Å². The molecule has 5 rings (SSSR count). The molecule has 4 N–H and O–H groups in total. The number of hydrogen-bond acceptors (Lipinski definition) is 5. The van der Waals surface area contributed by atoms with Crippen molar-refractivity contribution in [2.45, 2.75) is 83.8 Å². The van der Waals surface area contributed by atoms with Gasteiger partial charge in [0.1, 0.15) is 0 Å². The largest absolute Gasteiger partial charge is 0.393 e. The molecule has 0 saturated heterocycles. The summed E-state index contributed by atoms with van der Waals surface area (Å²) in [5, 5.41) is 18.3. The number of aliphatic hydroxyl groups excluding tert-OH is 1. The Labute approximate surface area is 194 Å². The van der Waals surface area contributed by atoms with Gasteiger partial charge in [-0.2, -0.15) is 5.10 Å². The molecule has 0 bridgehead atoms. The van der Waals surface area contributed by atoms with E-state index in [1.54, 1.807) is 6.07 Å². The lowest BCUT2D eigenvalue weighted by Gasteiger charge is -2.29. The molecule has 0 unspecified atom stereocenters. The molecule has 2 fully saturated rings. The van der Waals surface area contributed by atoms with Crippen molar-refractivity contribution in [3.05, 3.63) is 40.7 Å². The lowest BCUT2D eigenvalue weighted by molar-refractivity contribution is 0.0909. The number of rotatable bonds is 6. The maximum Gasteiger partial charge on any atom is 0.250 e. The van der Waals surface area contributed by atoms with Crippen molar-refractivity contribution in [2.75, 3.05) is 5.32 Å². The van der Waals surface area contributed by atoms with Crippen LogP contribution in [0.1, 0.15) is 90.9 Å². The summed E-state index contributed by atoms with van der Waals surface area (Å²) < 4.78 is 1.92.